The molecule has 0 aliphatic heterocycles. The molecular weight excluding hydrogens is 452 g/mol. The lowest BCUT2D eigenvalue weighted by molar-refractivity contribution is 1.18. The van der Waals surface area contributed by atoms with Gasteiger partial charge in [0.05, 0.1) is 11.0 Å². The van der Waals surface area contributed by atoms with E-state index in [9.17, 15) is 0 Å². The number of imidazole rings is 1. The van der Waals surface area contributed by atoms with Gasteiger partial charge >= 0.3 is 0 Å². The van der Waals surface area contributed by atoms with Crippen molar-refractivity contribution in [3.8, 4) is 16.8 Å². The number of benzene rings is 4. The van der Waals surface area contributed by atoms with Crippen molar-refractivity contribution < 1.29 is 0 Å². The number of aromatic nitrogens is 4. The summed E-state index contributed by atoms with van der Waals surface area (Å²) >= 11 is 0. The van der Waals surface area contributed by atoms with Crippen molar-refractivity contribution in [2.24, 2.45) is 0 Å². The highest BCUT2D eigenvalue weighted by Gasteiger charge is 2.24. The van der Waals surface area contributed by atoms with E-state index in [1.807, 2.05) is 24.7 Å². The first-order chi connectivity index (χ1) is 18.4. The third-order valence-corrected chi connectivity index (χ3v) is 8.03. The Morgan fingerprint density at radius 3 is 2.38 bits per heavy atom. The topological polar surface area (TPSA) is 35.1 Å². The lowest BCUT2D eigenvalue weighted by Crippen LogP contribution is -1.95. The summed E-state index contributed by atoms with van der Waals surface area (Å²) < 4.78 is 4.55. The van der Waals surface area contributed by atoms with Crippen LogP contribution in [0, 0.1) is 0 Å². The Bertz CT molecular complexity index is 2220. The molecule has 4 aromatic heterocycles. The molecule has 0 amide bonds. The number of para-hydroxylation sites is 1. The van der Waals surface area contributed by atoms with Gasteiger partial charge in [0.2, 0.25) is 0 Å². The van der Waals surface area contributed by atoms with Crippen molar-refractivity contribution in [3.63, 3.8) is 0 Å². The van der Waals surface area contributed by atoms with E-state index in [1.54, 1.807) is 0 Å². The van der Waals surface area contributed by atoms with Crippen LogP contribution in [0.4, 0.5) is 0 Å². The van der Waals surface area contributed by atoms with Gasteiger partial charge in [-0.2, -0.15) is 0 Å². The number of hydrogen-bond acceptors (Lipinski definition) is 2. The Morgan fingerprint density at radius 1 is 0.568 bits per heavy atom. The molecule has 0 saturated carbocycles. The standard InChI is InChI=1S/C33H20N4/c1-2-8-22(9-3-1)37-28-13-12-24-25-11-6-14-34-32(25)36-16-15-35-33(36)31(24)30(28)27-18-21-17-20-7-4-5-10-23(20)26(21)19-29(27)37/h1-16,18-19H,17H2. The lowest BCUT2D eigenvalue weighted by Gasteiger charge is -2.10. The van der Waals surface area contributed by atoms with Crippen molar-refractivity contribution >= 4 is 49.3 Å². The largest absolute Gasteiger partial charge is 0.309 e. The molecule has 0 saturated heterocycles. The molecule has 8 aromatic rings. The second-order valence-corrected chi connectivity index (χ2v) is 9.91. The minimum absolute atomic E-state index is 0.935. The third kappa shape index (κ3) is 2.42. The van der Waals surface area contributed by atoms with E-state index in [2.05, 4.69) is 93.9 Å². The van der Waals surface area contributed by atoms with Crippen LogP contribution in [-0.2, 0) is 6.42 Å². The molecule has 4 heteroatoms. The maximum Gasteiger partial charge on any atom is 0.146 e. The number of hydrogen-bond donors (Lipinski definition) is 0. The van der Waals surface area contributed by atoms with Gasteiger partial charge < -0.3 is 4.57 Å². The molecular formula is C33H20N4. The molecule has 1 aliphatic rings. The van der Waals surface area contributed by atoms with Crippen LogP contribution in [0.15, 0.2) is 110 Å². The molecule has 172 valence electrons. The molecule has 0 atom stereocenters. The van der Waals surface area contributed by atoms with Crippen LogP contribution in [0.3, 0.4) is 0 Å². The van der Waals surface area contributed by atoms with Gasteiger partial charge in [0, 0.05) is 45.8 Å². The van der Waals surface area contributed by atoms with Gasteiger partial charge in [-0.1, -0.05) is 48.5 Å². The Balaban J connectivity index is 1.54. The minimum atomic E-state index is 0.935. The van der Waals surface area contributed by atoms with Crippen molar-refractivity contribution in [3.05, 3.63) is 121 Å². The fourth-order valence-corrected chi connectivity index (χ4v) is 6.51. The highest BCUT2D eigenvalue weighted by atomic mass is 15.0. The second-order valence-electron chi connectivity index (χ2n) is 9.91. The fourth-order valence-electron chi connectivity index (χ4n) is 6.51. The summed E-state index contributed by atoms with van der Waals surface area (Å²) in [7, 11) is 0. The van der Waals surface area contributed by atoms with E-state index in [0.29, 0.717) is 0 Å². The highest BCUT2D eigenvalue weighted by molar-refractivity contribution is 6.29. The van der Waals surface area contributed by atoms with E-state index in [-0.39, 0.29) is 0 Å². The Hall–Kier alpha value is -4.96. The summed E-state index contributed by atoms with van der Waals surface area (Å²) in [6.07, 6.45) is 6.73. The zero-order valence-corrected chi connectivity index (χ0v) is 19.9. The van der Waals surface area contributed by atoms with E-state index in [4.69, 9.17) is 9.97 Å². The van der Waals surface area contributed by atoms with Crippen molar-refractivity contribution in [1.29, 1.82) is 0 Å². The fraction of sp³-hybridized carbons (Fsp3) is 0.0303. The van der Waals surface area contributed by atoms with Gasteiger partial charge in [0.25, 0.3) is 0 Å². The molecule has 4 aromatic carbocycles. The molecule has 0 bridgehead atoms. The van der Waals surface area contributed by atoms with Gasteiger partial charge in [-0.05, 0) is 76.5 Å². The average Bonchev–Trinajstić information content (AvgIpc) is 3.66. The zero-order valence-electron chi connectivity index (χ0n) is 19.9. The van der Waals surface area contributed by atoms with E-state index < -0.39 is 0 Å². The highest BCUT2D eigenvalue weighted by Crippen LogP contribution is 2.45. The van der Waals surface area contributed by atoms with E-state index in [1.165, 1.54) is 54.8 Å². The molecule has 4 nitrogen and oxygen atoms in total. The molecule has 0 N–H and O–H groups in total. The number of rotatable bonds is 1. The lowest BCUT2D eigenvalue weighted by atomic mass is 9.99. The Morgan fingerprint density at radius 2 is 1.43 bits per heavy atom. The first-order valence-corrected chi connectivity index (χ1v) is 12.6. The van der Waals surface area contributed by atoms with Crippen molar-refractivity contribution in [1.82, 2.24) is 18.9 Å². The second kappa shape index (κ2) is 6.83. The van der Waals surface area contributed by atoms with Gasteiger partial charge in [0.15, 0.2) is 0 Å². The van der Waals surface area contributed by atoms with Gasteiger partial charge in [-0.15, -0.1) is 0 Å². The van der Waals surface area contributed by atoms with Crippen LogP contribution in [0.1, 0.15) is 11.1 Å². The normalized spacial score (nSPS) is 12.8. The van der Waals surface area contributed by atoms with Crippen LogP contribution in [0.5, 0.6) is 0 Å². The number of nitrogens with zero attached hydrogens (tertiary/aromatic N) is 4. The van der Waals surface area contributed by atoms with Crippen LogP contribution in [0.2, 0.25) is 0 Å². The molecule has 0 fully saturated rings. The maximum absolute atomic E-state index is 4.85. The van der Waals surface area contributed by atoms with Crippen LogP contribution >= 0.6 is 0 Å². The maximum atomic E-state index is 4.85. The minimum Gasteiger partial charge on any atom is -0.309 e. The third-order valence-electron chi connectivity index (χ3n) is 8.03. The molecule has 0 unspecified atom stereocenters. The quantitative estimate of drug-likeness (QED) is 0.229. The first kappa shape index (κ1) is 19.3. The van der Waals surface area contributed by atoms with Crippen LogP contribution < -0.4 is 0 Å². The number of fused-ring (bicyclic) bond motifs is 13. The SMILES string of the molecule is c1ccc(-n2c3cc4c(cc3c3c5c(ccc32)c2cccnc2n2ccnc52)Cc2ccccc2-4)cc1. The Labute approximate surface area is 212 Å². The average molecular weight is 473 g/mol. The molecule has 9 rings (SSSR count). The molecule has 4 heterocycles. The van der Waals surface area contributed by atoms with Crippen molar-refractivity contribution in [2.75, 3.05) is 0 Å². The molecule has 0 radical (unpaired) electrons. The molecule has 0 spiro atoms. The molecule has 1 aliphatic carbocycles. The summed E-state index contributed by atoms with van der Waals surface area (Å²) in [6, 6.07) is 33.0. The number of pyridine rings is 2. The van der Waals surface area contributed by atoms with Gasteiger partial charge in [-0.25, -0.2) is 9.97 Å². The smallest absolute Gasteiger partial charge is 0.146 e. The van der Waals surface area contributed by atoms with E-state index in [0.717, 1.165) is 28.8 Å². The molecule has 37 heavy (non-hydrogen) atoms. The predicted octanol–water partition coefficient (Wildman–Crippen LogP) is 7.70. The Kier molecular flexibility index (Phi) is 3.55. The van der Waals surface area contributed by atoms with Crippen LogP contribution in [-0.4, -0.2) is 18.9 Å². The van der Waals surface area contributed by atoms with Gasteiger partial charge in [-0.3, -0.25) is 4.40 Å². The first-order valence-electron chi connectivity index (χ1n) is 12.6. The van der Waals surface area contributed by atoms with E-state index >= 15 is 0 Å². The summed E-state index contributed by atoms with van der Waals surface area (Å²) in [5.41, 5.74) is 10.9. The summed E-state index contributed by atoms with van der Waals surface area (Å²) in [5, 5.41) is 6.02. The summed E-state index contributed by atoms with van der Waals surface area (Å²) in [4.78, 5) is 9.57. The predicted molar refractivity (Wildman–Crippen MR) is 151 cm³/mol. The zero-order chi connectivity index (χ0) is 24.1. The van der Waals surface area contributed by atoms with Gasteiger partial charge in [0.1, 0.15) is 11.3 Å². The summed E-state index contributed by atoms with van der Waals surface area (Å²) in [5.74, 6) is 0. The monoisotopic (exact) mass is 472 g/mol. The van der Waals surface area contributed by atoms with Crippen molar-refractivity contribution in [2.45, 2.75) is 6.42 Å². The van der Waals surface area contributed by atoms with Crippen LogP contribution in [0.25, 0.3) is 66.1 Å². The summed E-state index contributed by atoms with van der Waals surface area (Å²) in [6.45, 7) is 0.